The first-order valence-corrected chi connectivity index (χ1v) is 8.24. The van der Waals surface area contributed by atoms with Crippen LogP contribution in [0.4, 0.5) is 0 Å². The molecule has 1 atom stereocenters. The first kappa shape index (κ1) is 18.2. The summed E-state index contributed by atoms with van der Waals surface area (Å²) in [6, 6.07) is 10.7. The highest BCUT2D eigenvalue weighted by atomic mass is 79.9. The van der Waals surface area contributed by atoms with Gasteiger partial charge in [0.15, 0.2) is 0 Å². The third-order valence-corrected chi connectivity index (χ3v) is 4.53. The predicted octanol–water partition coefficient (Wildman–Crippen LogP) is 3.42. The fourth-order valence-corrected chi connectivity index (χ4v) is 3.34. The number of benzene rings is 1. The number of nitrogens with one attached hydrogen (secondary N) is 1. The quantitative estimate of drug-likeness (QED) is 0.856. The first-order chi connectivity index (χ1) is 10.8. The summed E-state index contributed by atoms with van der Waals surface area (Å²) in [5, 5.41) is 3.48. The number of hydrogen-bond donors (Lipinski definition) is 1. The van der Waals surface area contributed by atoms with E-state index < -0.39 is 0 Å². The van der Waals surface area contributed by atoms with Crippen LogP contribution in [-0.2, 0) is 6.54 Å². The Morgan fingerprint density at radius 2 is 2.26 bits per heavy atom. The van der Waals surface area contributed by atoms with Gasteiger partial charge >= 0.3 is 0 Å². The summed E-state index contributed by atoms with van der Waals surface area (Å²) >= 11 is 3.55. The lowest BCUT2D eigenvalue weighted by atomic mass is 10.0. The number of rotatable bonds is 4. The molecule has 1 aromatic carbocycles. The number of hydrogen-bond acceptors (Lipinski definition) is 4. The lowest BCUT2D eigenvalue weighted by molar-refractivity contribution is 0.152. The van der Waals surface area contributed by atoms with Gasteiger partial charge in [0.25, 0.3) is 0 Å². The molecule has 2 heterocycles. The van der Waals surface area contributed by atoms with Crippen LogP contribution in [0.15, 0.2) is 47.2 Å². The van der Waals surface area contributed by atoms with Crippen LogP contribution in [0.2, 0.25) is 0 Å². The molecule has 0 saturated carbocycles. The summed E-state index contributed by atoms with van der Waals surface area (Å²) in [5.41, 5.74) is 2.45. The monoisotopic (exact) mass is 397 g/mol. The Morgan fingerprint density at radius 3 is 3.00 bits per heavy atom. The van der Waals surface area contributed by atoms with Crippen LogP contribution < -0.4 is 10.1 Å². The Kier molecular flexibility index (Phi) is 6.84. The second kappa shape index (κ2) is 8.64. The van der Waals surface area contributed by atoms with E-state index in [-0.39, 0.29) is 12.4 Å². The van der Waals surface area contributed by atoms with E-state index in [2.05, 4.69) is 43.3 Å². The normalized spacial score (nSPS) is 18.3. The molecular weight excluding hydrogens is 378 g/mol. The Morgan fingerprint density at radius 1 is 1.39 bits per heavy atom. The summed E-state index contributed by atoms with van der Waals surface area (Å²) in [4.78, 5) is 6.75. The van der Waals surface area contributed by atoms with Crippen molar-refractivity contribution in [1.82, 2.24) is 15.2 Å². The van der Waals surface area contributed by atoms with Crippen LogP contribution in [0.3, 0.4) is 0 Å². The molecule has 1 unspecified atom stereocenters. The van der Waals surface area contributed by atoms with E-state index in [1.807, 2.05) is 30.6 Å². The van der Waals surface area contributed by atoms with Gasteiger partial charge in [0.2, 0.25) is 0 Å². The number of ether oxygens (including phenoxy) is 1. The molecule has 1 aromatic heterocycles. The van der Waals surface area contributed by atoms with E-state index in [9.17, 15) is 0 Å². The summed E-state index contributed by atoms with van der Waals surface area (Å²) < 4.78 is 6.59. The molecule has 124 valence electrons. The Balaban J connectivity index is 0.00000192. The van der Waals surface area contributed by atoms with Crippen molar-refractivity contribution in [2.24, 2.45) is 0 Å². The molecule has 1 saturated heterocycles. The van der Waals surface area contributed by atoms with Gasteiger partial charge in [-0.25, -0.2) is 0 Å². The minimum atomic E-state index is 0. The molecule has 0 aliphatic carbocycles. The Bertz CT molecular complexity index is 626. The van der Waals surface area contributed by atoms with Crippen molar-refractivity contribution in [2.75, 3.05) is 26.7 Å². The third kappa shape index (κ3) is 4.44. The molecule has 3 rings (SSSR count). The van der Waals surface area contributed by atoms with Gasteiger partial charge < -0.3 is 10.1 Å². The average Bonchev–Trinajstić information content (AvgIpc) is 2.56. The maximum absolute atomic E-state index is 5.51. The molecule has 0 bridgehead atoms. The Labute approximate surface area is 151 Å². The summed E-state index contributed by atoms with van der Waals surface area (Å²) in [6.45, 7) is 3.83. The fourth-order valence-electron chi connectivity index (χ4n) is 2.93. The van der Waals surface area contributed by atoms with Crippen LogP contribution in [0, 0.1) is 0 Å². The van der Waals surface area contributed by atoms with Crippen LogP contribution in [0.5, 0.6) is 5.75 Å². The molecule has 4 nitrogen and oxygen atoms in total. The minimum Gasteiger partial charge on any atom is -0.496 e. The summed E-state index contributed by atoms with van der Waals surface area (Å²) in [7, 11) is 1.73. The number of halogens is 2. The molecule has 23 heavy (non-hydrogen) atoms. The van der Waals surface area contributed by atoms with Crippen molar-refractivity contribution in [2.45, 2.75) is 12.6 Å². The maximum Gasteiger partial charge on any atom is 0.123 e. The molecule has 1 aliphatic rings. The van der Waals surface area contributed by atoms with Crippen molar-refractivity contribution in [3.8, 4) is 5.75 Å². The van der Waals surface area contributed by atoms with Crippen molar-refractivity contribution in [1.29, 1.82) is 0 Å². The van der Waals surface area contributed by atoms with E-state index in [1.165, 1.54) is 11.1 Å². The molecule has 0 spiro atoms. The number of aromatic nitrogens is 1. The second-order valence-corrected chi connectivity index (χ2v) is 6.35. The molecule has 6 heteroatoms. The number of pyridine rings is 1. The lowest BCUT2D eigenvalue weighted by Gasteiger charge is -2.36. The average molecular weight is 399 g/mol. The van der Waals surface area contributed by atoms with E-state index in [0.717, 1.165) is 36.4 Å². The zero-order valence-corrected chi connectivity index (χ0v) is 15.4. The van der Waals surface area contributed by atoms with E-state index in [4.69, 9.17) is 4.74 Å². The van der Waals surface area contributed by atoms with Gasteiger partial charge in [-0.3, -0.25) is 9.88 Å². The van der Waals surface area contributed by atoms with Crippen LogP contribution >= 0.6 is 28.3 Å². The zero-order valence-electron chi connectivity index (χ0n) is 13.0. The lowest BCUT2D eigenvalue weighted by Crippen LogP contribution is -2.45. The predicted molar refractivity (Wildman–Crippen MR) is 98.2 cm³/mol. The molecule has 0 radical (unpaired) electrons. The molecule has 1 N–H and O–H groups in total. The largest absolute Gasteiger partial charge is 0.496 e. The van der Waals surface area contributed by atoms with E-state index >= 15 is 0 Å². The van der Waals surface area contributed by atoms with Gasteiger partial charge in [-0.2, -0.15) is 0 Å². The smallest absolute Gasteiger partial charge is 0.123 e. The van der Waals surface area contributed by atoms with Gasteiger partial charge in [-0.1, -0.05) is 22.0 Å². The van der Waals surface area contributed by atoms with Gasteiger partial charge in [0.1, 0.15) is 5.75 Å². The molecule has 1 aliphatic heterocycles. The zero-order chi connectivity index (χ0) is 15.4. The minimum absolute atomic E-state index is 0. The number of piperazine rings is 1. The summed E-state index contributed by atoms with van der Waals surface area (Å²) in [5.74, 6) is 0.937. The highest BCUT2D eigenvalue weighted by Crippen LogP contribution is 2.28. The molecular formula is C17H21BrClN3O. The van der Waals surface area contributed by atoms with Crippen LogP contribution in [0.25, 0.3) is 0 Å². The SMILES string of the molecule is COc1ccc(Br)cc1CN1CCNCC1c1cccnc1.Cl. The van der Waals surface area contributed by atoms with Gasteiger partial charge in [0, 0.05) is 54.7 Å². The van der Waals surface area contributed by atoms with Crippen LogP contribution in [-0.4, -0.2) is 36.6 Å². The van der Waals surface area contributed by atoms with Gasteiger partial charge in [-0.15, -0.1) is 12.4 Å². The maximum atomic E-state index is 5.51. The van der Waals surface area contributed by atoms with Gasteiger partial charge in [-0.05, 0) is 29.8 Å². The highest BCUT2D eigenvalue weighted by molar-refractivity contribution is 9.10. The topological polar surface area (TPSA) is 37.4 Å². The highest BCUT2D eigenvalue weighted by Gasteiger charge is 2.24. The molecule has 0 amide bonds. The first-order valence-electron chi connectivity index (χ1n) is 7.45. The van der Waals surface area contributed by atoms with E-state index in [1.54, 1.807) is 7.11 Å². The number of methoxy groups -OCH3 is 1. The van der Waals surface area contributed by atoms with Gasteiger partial charge in [0.05, 0.1) is 7.11 Å². The van der Waals surface area contributed by atoms with Crippen molar-refractivity contribution in [3.05, 3.63) is 58.3 Å². The Hall–Kier alpha value is -1.14. The standard InChI is InChI=1S/C17H20BrN3O.ClH/c1-22-17-5-4-15(18)9-14(17)12-21-8-7-20-11-16(21)13-3-2-6-19-10-13;/h2-6,9-10,16,20H,7-8,11-12H2,1H3;1H. The van der Waals surface area contributed by atoms with Crippen LogP contribution in [0.1, 0.15) is 17.2 Å². The van der Waals surface area contributed by atoms with Crippen molar-refractivity contribution < 1.29 is 4.74 Å². The third-order valence-electron chi connectivity index (χ3n) is 4.04. The fraction of sp³-hybridized carbons (Fsp3) is 0.353. The summed E-state index contributed by atoms with van der Waals surface area (Å²) in [6.07, 6.45) is 3.78. The number of nitrogens with zero attached hydrogens (tertiary/aromatic N) is 2. The molecule has 2 aromatic rings. The second-order valence-electron chi connectivity index (χ2n) is 5.43. The van der Waals surface area contributed by atoms with Crippen molar-refractivity contribution in [3.63, 3.8) is 0 Å². The van der Waals surface area contributed by atoms with E-state index in [0.29, 0.717) is 6.04 Å². The molecule has 1 fully saturated rings. The van der Waals surface area contributed by atoms with Crippen molar-refractivity contribution >= 4 is 28.3 Å².